The summed E-state index contributed by atoms with van der Waals surface area (Å²) in [5.41, 5.74) is 0.732. The second-order valence-corrected chi connectivity index (χ2v) is 5.11. The minimum atomic E-state index is -0.683. The zero-order valence-corrected chi connectivity index (χ0v) is 13.9. The van der Waals surface area contributed by atoms with E-state index in [0.29, 0.717) is 16.5 Å². The Labute approximate surface area is 144 Å². The van der Waals surface area contributed by atoms with Crippen LogP contribution in [0.25, 0.3) is 0 Å². The fraction of sp³-hybridized carbons (Fsp3) is 0.176. The average Bonchev–Trinajstić information content (AvgIpc) is 2.60. The van der Waals surface area contributed by atoms with Gasteiger partial charge in [0, 0.05) is 10.7 Å². The van der Waals surface area contributed by atoms with Crippen LogP contribution in [-0.2, 0) is 9.53 Å². The number of methoxy groups -OCH3 is 2. The Morgan fingerprint density at radius 1 is 1.04 bits per heavy atom. The molecule has 0 fully saturated rings. The van der Waals surface area contributed by atoms with Crippen LogP contribution in [0.2, 0.25) is 5.02 Å². The van der Waals surface area contributed by atoms with Crippen molar-refractivity contribution >= 4 is 29.2 Å². The van der Waals surface area contributed by atoms with Crippen LogP contribution in [-0.4, -0.2) is 32.7 Å². The monoisotopic (exact) mass is 349 g/mol. The van der Waals surface area contributed by atoms with Crippen LogP contribution >= 0.6 is 11.6 Å². The van der Waals surface area contributed by atoms with Gasteiger partial charge in [-0.2, -0.15) is 0 Å². The van der Waals surface area contributed by atoms with Crippen LogP contribution < -0.4 is 14.8 Å². The summed E-state index contributed by atoms with van der Waals surface area (Å²) in [6.45, 7) is -0.429. The van der Waals surface area contributed by atoms with Crippen molar-refractivity contribution in [3.8, 4) is 11.5 Å². The number of hydrogen-bond donors (Lipinski definition) is 1. The number of hydrogen-bond acceptors (Lipinski definition) is 5. The first-order valence-corrected chi connectivity index (χ1v) is 7.36. The summed E-state index contributed by atoms with van der Waals surface area (Å²) >= 11 is 5.77. The van der Waals surface area contributed by atoms with Crippen molar-refractivity contribution in [2.24, 2.45) is 0 Å². The van der Waals surface area contributed by atoms with E-state index in [2.05, 4.69) is 5.32 Å². The highest BCUT2D eigenvalue weighted by atomic mass is 35.5. The largest absolute Gasteiger partial charge is 0.493 e. The van der Waals surface area contributed by atoms with Gasteiger partial charge in [-0.05, 0) is 36.4 Å². The maximum atomic E-state index is 12.1. The van der Waals surface area contributed by atoms with Gasteiger partial charge in [-0.25, -0.2) is 4.79 Å². The highest BCUT2D eigenvalue weighted by Gasteiger charge is 2.18. The van der Waals surface area contributed by atoms with Gasteiger partial charge in [-0.1, -0.05) is 17.7 Å². The number of benzene rings is 2. The minimum Gasteiger partial charge on any atom is -0.493 e. The molecule has 0 aliphatic heterocycles. The van der Waals surface area contributed by atoms with Crippen molar-refractivity contribution in [1.82, 2.24) is 0 Å². The molecule has 0 atom stereocenters. The lowest BCUT2D eigenvalue weighted by Crippen LogP contribution is -2.21. The quantitative estimate of drug-likeness (QED) is 0.811. The predicted octanol–water partition coefficient (Wildman–Crippen LogP) is 3.15. The lowest BCUT2D eigenvalue weighted by Gasteiger charge is -2.12. The van der Waals surface area contributed by atoms with Crippen LogP contribution in [0.3, 0.4) is 0 Å². The van der Waals surface area contributed by atoms with E-state index in [1.54, 1.807) is 36.4 Å². The Kier molecular flexibility index (Phi) is 6.03. The number of ether oxygens (including phenoxy) is 3. The van der Waals surface area contributed by atoms with Crippen molar-refractivity contribution < 1.29 is 23.8 Å². The van der Waals surface area contributed by atoms with Gasteiger partial charge < -0.3 is 19.5 Å². The molecule has 0 heterocycles. The zero-order chi connectivity index (χ0) is 17.5. The van der Waals surface area contributed by atoms with Gasteiger partial charge in [0.2, 0.25) is 0 Å². The molecule has 0 aromatic heterocycles. The van der Waals surface area contributed by atoms with Crippen LogP contribution in [0.1, 0.15) is 10.4 Å². The summed E-state index contributed by atoms with van der Waals surface area (Å²) in [6.07, 6.45) is 0. The van der Waals surface area contributed by atoms with Gasteiger partial charge in [0.15, 0.2) is 18.1 Å². The molecule has 2 aromatic carbocycles. The molecular weight excluding hydrogens is 334 g/mol. The first-order chi connectivity index (χ1) is 11.5. The summed E-state index contributed by atoms with van der Waals surface area (Å²) in [4.78, 5) is 24.0. The Bertz CT molecular complexity index is 730. The number of esters is 1. The summed E-state index contributed by atoms with van der Waals surface area (Å²) in [5.74, 6) is -0.495. The number of anilines is 1. The Balaban J connectivity index is 1.98. The van der Waals surface area contributed by atoms with E-state index in [1.807, 2.05) is 0 Å². The van der Waals surface area contributed by atoms with Crippen molar-refractivity contribution in [3.05, 3.63) is 53.1 Å². The molecule has 0 saturated heterocycles. The Morgan fingerprint density at radius 2 is 1.75 bits per heavy atom. The second-order valence-electron chi connectivity index (χ2n) is 4.67. The van der Waals surface area contributed by atoms with E-state index in [9.17, 15) is 9.59 Å². The molecule has 0 saturated carbocycles. The molecule has 0 aliphatic rings. The third-order valence-electron chi connectivity index (χ3n) is 3.09. The number of para-hydroxylation sites is 1. The van der Waals surface area contributed by atoms with Crippen LogP contribution in [0, 0.1) is 0 Å². The standard InChI is InChI=1S/C17H16ClNO5/c1-22-14-5-3-4-13(16(14)23-2)17(21)24-10-15(20)19-12-8-6-11(18)7-9-12/h3-9H,10H2,1-2H3,(H,19,20). The van der Waals surface area contributed by atoms with Gasteiger partial charge >= 0.3 is 5.97 Å². The van der Waals surface area contributed by atoms with Crippen LogP contribution in [0.5, 0.6) is 11.5 Å². The third kappa shape index (κ3) is 4.39. The molecule has 6 nitrogen and oxygen atoms in total. The first kappa shape index (κ1) is 17.6. The van der Waals surface area contributed by atoms with Gasteiger partial charge in [0.25, 0.3) is 5.91 Å². The summed E-state index contributed by atoms with van der Waals surface area (Å²) in [6, 6.07) is 11.4. The smallest absolute Gasteiger partial charge is 0.342 e. The fourth-order valence-electron chi connectivity index (χ4n) is 1.99. The van der Waals surface area contributed by atoms with Gasteiger partial charge in [0.1, 0.15) is 5.56 Å². The normalized spacial score (nSPS) is 9.96. The molecule has 0 unspecified atom stereocenters. The number of amides is 1. The number of rotatable bonds is 6. The highest BCUT2D eigenvalue weighted by molar-refractivity contribution is 6.30. The molecule has 0 aliphatic carbocycles. The van der Waals surface area contributed by atoms with Crippen molar-refractivity contribution in [2.45, 2.75) is 0 Å². The zero-order valence-electron chi connectivity index (χ0n) is 13.2. The van der Waals surface area contributed by atoms with E-state index in [0.717, 1.165) is 0 Å². The molecule has 126 valence electrons. The Hall–Kier alpha value is -2.73. The average molecular weight is 350 g/mol. The SMILES string of the molecule is COc1cccc(C(=O)OCC(=O)Nc2ccc(Cl)cc2)c1OC. The molecule has 2 rings (SSSR count). The summed E-state index contributed by atoms with van der Waals surface area (Å²) in [7, 11) is 2.88. The van der Waals surface area contributed by atoms with Crippen molar-refractivity contribution in [2.75, 3.05) is 26.1 Å². The summed E-state index contributed by atoms with van der Waals surface area (Å²) < 4.78 is 15.3. The summed E-state index contributed by atoms with van der Waals surface area (Å²) in [5, 5.41) is 3.16. The molecular formula is C17H16ClNO5. The molecule has 0 bridgehead atoms. The number of halogens is 1. The van der Waals surface area contributed by atoms with Crippen LogP contribution in [0.4, 0.5) is 5.69 Å². The maximum absolute atomic E-state index is 12.1. The van der Waals surface area contributed by atoms with Crippen LogP contribution in [0.15, 0.2) is 42.5 Å². The molecule has 24 heavy (non-hydrogen) atoms. The lowest BCUT2D eigenvalue weighted by molar-refractivity contribution is -0.119. The third-order valence-corrected chi connectivity index (χ3v) is 3.34. The van der Waals surface area contributed by atoms with Gasteiger partial charge in [0.05, 0.1) is 14.2 Å². The lowest BCUT2D eigenvalue weighted by atomic mass is 10.2. The van der Waals surface area contributed by atoms with Crippen molar-refractivity contribution in [3.63, 3.8) is 0 Å². The predicted molar refractivity (Wildman–Crippen MR) is 89.9 cm³/mol. The molecule has 1 amide bonds. The van der Waals surface area contributed by atoms with E-state index >= 15 is 0 Å². The second kappa shape index (κ2) is 8.21. The minimum absolute atomic E-state index is 0.177. The van der Waals surface area contributed by atoms with Gasteiger partial charge in [-0.3, -0.25) is 4.79 Å². The maximum Gasteiger partial charge on any atom is 0.342 e. The number of nitrogens with one attached hydrogen (secondary N) is 1. The number of carbonyl (C=O) groups excluding carboxylic acids is 2. The van der Waals surface area contributed by atoms with E-state index in [4.69, 9.17) is 25.8 Å². The van der Waals surface area contributed by atoms with Gasteiger partial charge in [-0.15, -0.1) is 0 Å². The topological polar surface area (TPSA) is 73.9 Å². The first-order valence-electron chi connectivity index (χ1n) is 6.98. The van der Waals surface area contributed by atoms with Crippen molar-refractivity contribution in [1.29, 1.82) is 0 Å². The fourth-order valence-corrected chi connectivity index (χ4v) is 2.11. The molecule has 0 spiro atoms. The molecule has 1 N–H and O–H groups in total. The highest BCUT2D eigenvalue weighted by Crippen LogP contribution is 2.31. The number of carbonyl (C=O) groups is 2. The van der Waals surface area contributed by atoms with E-state index in [1.165, 1.54) is 20.3 Å². The molecule has 0 radical (unpaired) electrons. The Morgan fingerprint density at radius 3 is 2.38 bits per heavy atom. The van der Waals surface area contributed by atoms with E-state index in [-0.39, 0.29) is 11.3 Å². The molecule has 7 heteroatoms. The van der Waals surface area contributed by atoms with E-state index < -0.39 is 18.5 Å². The molecule has 2 aromatic rings.